The summed E-state index contributed by atoms with van der Waals surface area (Å²) in [5.74, 6) is 1.09. The average Bonchev–Trinajstić information content (AvgIpc) is 3.45. The van der Waals surface area contributed by atoms with Crippen LogP contribution in [0, 0.1) is 5.41 Å². The maximum atomic E-state index is 13.3. The highest BCUT2D eigenvalue weighted by Crippen LogP contribution is 2.37. The highest BCUT2D eigenvalue weighted by Gasteiger charge is 2.45. The van der Waals surface area contributed by atoms with Gasteiger partial charge in [0.15, 0.2) is 0 Å². The van der Waals surface area contributed by atoms with E-state index in [0.717, 1.165) is 50.3 Å². The summed E-state index contributed by atoms with van der Waals surface area (Å²) in [6, 6.07) is 12.9. The van der Waals surface area contributed by atoms with E-state index in [-0.39, 0.29) is 5.91 Å². The molecule has 1 atom stereocenters. The van der Waals surface area contributed by atoms with E-state index >= 15 is 0 Å². The number of hydrogen-bond donors (Lipinski definition) is 0. The largest absolute Gasteiger partial charge is 0.348 e. The van der Waals surface area contributed by atoms with E-state index < -0.39 is 5.41 Å². The maximum absolute atomic E-state index is 13.3. The molecule has 0 radical (unpaired) electrons. The molecule has 1 aliphatic heterocycles. The van der Waals surface area contributed by atoms with Crippen LogP contribution >= 0.6 is 11.3 Å². The predicted octanol–water partition coefficient (Wildman–Crippen LogP) is 4.29. The molecule has 3 heterocycles. The lowest BCUT2D eigenvalue weighted by Gasteiger charge is -2.31. The van der Waals surface area contributed by atoms with Gasteiger partial charge in [-0.05, 0) is 42.0 Å². The maximum Gasteiger partial charge on any atom is 0.229 e. The molecule has 31 heavy (non-hydrogen) atoms. The van der Waals surface area contributed by atoms with Crippen molar-refractivity contribution in [3.05, 3.63) is 71.1 Å². The van der Waals surface area contributed by atoms with Crippen molar-refractivity contribution >= 4 is 17.2 Å². The fourth-order valence-electron chi connectivity index (χ4n) is 4.53. The fourth-order valence-corrected chi connectivity index (χ4v) is 5.26. The molecular weight excluding hydrogens is 404 g/mol. The summed E-state index contributed by atoms with van der Waals surface area (Å²) in [7, 11) is 3.73. The van der Waals surface area contributed by atoms with E-state index in [1.165, 1.54) is 16.0 Å². The van der Waals surface area contributed by atoms with Crippen LogP contribution in [0.1, 0.15) is 30.3 Å². The lowest BCUT2D eigenvalue weighted by Crippen LogP contribution is -2.43. The standard InChI is InChI=1S/C25H30N4OS/c1-4-23-26-15-20(16-27-23)17-29-11-10-25(18-29,24(30)28(2)3)14-19-7-5-8-21(13-19)22-9-6-12-31-22/h5-9,12-13,15-16H,4,10-11,14,17-18H2,1-3H3/t25-/m0/s1. The molecule has 0 unspecified atom stereocenters. The summed E-state index contributed by atoms with van der Waals surface area (Å²) < 4.78 is 0. The summed E-state index contributed by atoms with van der Waals surface area (Å²) in [5, 5.41) is 2.10. The number of hydrogen-bond acceptors (Lipinski definition) is 5. The predicted molar refractivity (Wildman–Crippen MR) is 126 cm³/mol. The third kappa shape index (κ3) is 4.86. The van der Waals surface area contributed by atoms with Gasteiger partial charge in [-0.2, -0.15) is 0 Å². The molecule has 0 bridgehead atoms. The number of amides is 1. The Morgan fingerprint density at radius 3 is 2.65 bits per heavy atom. The van der Waals surface area contributed by atoms with Gasteiger partial charge in [-0.1, -0.05) is 37.3 Å². The van der Waals surface area contributed by atoms with Gasteiger partial charge in [0.05, 0.1) is 5.41 Å². The first-order chi connectivity index (χ1) is 15.0. The number of aromatic nitrogens is 2. The van der Waals surface area contributed by atoms with E-state index in [4.69, 9.17) is 0 Å². The van der Waals surface area contributed by atoms with Gasteiger partial charge in [-0.15, -0.1) is 11.3 Å². The van der Waals surface area contributed by atoms with Crippen molar-refractivity contribution in [1.82, 2.24) is 19.8 Å². The molecule has 2 aromatic heterocycles. The molecule has 1 amide bonds. The molecule has 0 saturated carbocycles. The number of aryl methyl sites for hydroxylation is 1. The first-order valence-corrected chi connectivity index (χ1v) is 11.7. The van der Waals surface area contributed by atoms with Gasteiger partial charge in [0.1, 0.15) is 5.82 Å². The molecule has 5 nitrogen and oxygen atoms in total. The SMILES string of the molecule is CCc1ncc(CN2CC[C@@](Cc3cccc(-c4cccs4)c3)(C(=O)N(C)C)C2)cn1. The van der Waals surface area contributed by atoms with Crippen LogP contribution in [0.2, 0.25) is 0 Å². The molecular formula is C25H30N4OS. The summed E-state index contributed by atoms with van der Waals surface area (Å²) in [5.41, 5.74) is 3.15. The van der Waals surface area contributed by atoms with Crippen LogP contribution in [0.15, 0.2) is 54.2 Å². The van der Waals surface area contributed by atoms with Gasteiger partial charge in [-0.3, -0.25) is 9.69 Å². The first-order valence-electron chi connectivity index (χ1n) is 10.9. The van der Waals surface area contributed by atoms with Crippen LogP contribution in [0.3, 0.4) is 0 Å². The average molecular weight is 435 g/mol. The second-order valence-corrected chi connectivity index (χ2v) is 9.60. The molecule has 1 aromatic carbocycles. The highest BCUT2D eigenvalue weighted by molar-refractivity contribution is 7.13. The van der Waals surface area contributed by atoms with E-state index in [1.54, 1.807) is 16.2 Å². The van der Waals surface area contributed by atoms with E-state index in [0.29, 0.717) is 0 Å². The zero-order valence-corrected chi connectivity index (χ0v) is 19.4. The second-order valence-electron chi connectivity index (χ2n) is 8.66. The molecule has 3 aromatic rings. The normalized spacial score (nSPS) is 18.9. The van der Waals surface area contributed by atoms with Crippen molar-refractivity contribution in [2.24, 2.45) is 5.41 Å². The van der Waals surface area contributed by atoms with Crippen LogP contribution in [0.25, 0.3) is 10.4 Å². The lowest BCUT2D eigenvalue weighted by atomic mass is 9.79. The van der Waals surface area contributed by atoms with Crippen molar-refractivity contribution in [3.8, 4) is 10.4 Å². The smallest absolute Gasteiger partial charge is 0.229 e. The second kappa shape index (κ2) is 9.28. The Labute approximate surface area is 188 Å². The highest BCUT2D eigenvalue weighted by atomic mass is 32.1. The minimum absolute atomic E-state index is 0.217. The van der Waals surface area contributed by atoms with Crippen LogP contribution in [0.4, 0.5) is 0 Å². The van der Waals surface area contributed by atoms with Crippen molar-refractivity contribution < 1.29 is 4.79 Å². The fraction of sp³-hybridized carbons (Fsp3) is 0.400. The van der Waals surface area contributed by atoms with E-state index in [9.17, 15) is 4.79 Å². The summed E-state index contributed by atoms with van der Waals surface area (Å²) in [6.07, 6.45) is 6.30. The van der Waals surface area contributed by atoms with Gasteiger partial charge in [0, 0.05) is 56.4 Å². The molecule has 1 aliphatic rings. The van der Waals surface area contributed by atoms with Crippen molar-refractivity contribution in [3.63, 3.8) is 0 Å². The Kier molecular flexibility index (Phi) is 6.49. The minimum atomic E-state index is -0.401. The Morgan fingerprint density at radius 2 is 1.97 bits per heavy atom. The van der Waals surface area contributed by atoms with E-state index in [2.05, 4.69) is 63.6 Å². The van der Waals surface area contributed by atoms with Gasteiger partial charge in [0.2, 0.25) is 5.91 Å². The minimum Gasteiger partial charge on any atom is -0.348 e. The summed E-state index contributed by atoms with van der Waals surface area (Å²) in [4.78, 5) is 27.6. The van der Waals surface area contributed by atoms with Gasteiger partial charge >= 0.3 is 0 Å². The Morgan fingerprint density at radius 1 is 1.16 bits per heavy atom. The summed E-state index contributed by atoms with van der Waals surface area (Å²) in [6.45, 7) is 4.49. The van der Waals surface area contributed by atoms with Crippen molar-refractivity contribution in [1.29, 1.82) is 0 Å². The number of benzene rings is 1. The Balaban J connectivity index is 1.54. The van der Waals surface area contributed by atoms with Crippen LogP contribution < -0.4 is 0 Å². The van der Waals surface area contributed by atoms with Crippen molar-refractivity contribution in [2.45, 2.75) is 32.7 Å². The quantitative estimate of drug-likeness (QED) is 0.557. The van der Waals surface area contributed by atoms with Gasteiger partial charge in [-0.25, -0.2) is 9.97 Å². The molecule has 0 aliphatic carbocycles. The monoisotopic (exact) mass is 434 g/mol. The number of carbonyl (C=O) groups excluding carboxylic acids is 1. The zero-order valence-electron chi connectivity index (χ0n) is 18.5. The van der Waals surface area contributed by atoms with Crippen LogP contribution in [0.5, 0.6) is 0 Å². The summed E-state index contributed by atoms with van der Waals surface area (Å²) >= 11 is 1.75. The zero-order chi connectivity index (χ0) is 21.8. The topological polar surface area (TPSA) is 49.3 Å². The lowest BCUT2D eigenvalue weighted by molar-refractivity contribution is -0.138. The first kappa shape index (κ1) is 21.7. The number of nitrogens with zero attached hydrogens (tertiary/aromatic N) is 4. The molecule has 6 heteroatoms. The molecule has 1 saturated heterocycles. The van der Waals surface area contributed by atoms with Crippen LogP contribution in [-0.4, -0.2) is 52.9 Å². The number of rotatable bonds is 7. The van der Waals surface area contributed by atoms with Crippen molar-refractivity contribution in [2.75, 3.05) is 27.2 Å². The van der Waals surface area contributed by atoms with Gasteiger partial charge < -0.3 is 4.90 Å². The number of thiophene rings is 1. The molecule has 162 valence electrons. The molecule has 0 N–H and O–H groups in total. The van der Waals surface area contributed by atoms with Crippen LogP contribution in [-0.2, 0) is 24.2 Å². The Hall–Kier alpha value is -2.57. The Bertz CT molecular complexity index is 1020. The molecule has 0 spiro atoms. The van der Waals surface area contributed by atoms with Gasteiger partial charge in [0.25, 0.3) is 0 Å². The number of likely N-dealkylation sites (tertiary alicyclic amines) is 1. The molecule has 1 fully saturated rings. The van der Waals surface area contributed by atoms with E-state index in [1.807, 2.05) is 26.5 Å². The third-order valence-electron chi connectivity index (χ3n) is 6.05. The third-order valence-corrected chi connectivity index (χ3v) is 6.97. The molecule has 4 rings (SSSR count). The number of carbonyl (C=O) groups is 1.